The van der Waals surface area contributed by atoms with Gasteiger partial charge in [0.15, 0.2) is 0 Å². The SMILES string of the molecule is CNCc1ccccc1COc1cc(Cl)c(Cl)cc1Cl. The molecule has 0 heterocycles. The lowest BCUT2D eigenvalue weighted by Gasteiger charge is -2.12. The van der Waals surface area contributed by atoms with Crippen LogP contribution in [-0.2, 0) is 13.2 Å². The Hall–Kier alpha value is -0.930. The first kappa shape index (κ1) is 15.5. The predicted octanol–water partition coefficient (Wildman–Crippen LogP) is 4.95. The van der Waals surface area contributed by atoms with Gasteiger partial charge in [-0.15, -0.1) is 0 Å². The molecule has 0 fully saturated rings. The molecule has 0 saturated carbocycles. The van der Waals surface area contributed by atoms with E-state index < -0.39 is 0 Å². The molecule has 0 aliphatic heterocycles. The van der Waals surface area contributed by atoms with E-state index in [-0.39, 0.29) is 0 Å². The minimum absolute atomic E-state index is 0.416. The van der Waals surface area contributed by atoms with Crippen molar-refractivity contribution in [1.82, 2.24) is 5.32 Å². The van der Waals surface area contributed by atoms with Crippen LogP contribution in [-0.4, -0.2) is 7.05 Å². The first-order chi connectivity index (χ1) is 9.61. The van der Waals surface area contributed by atoms with Gasteiger partial charge in [-0.05, 0) is 24.2 Å². The monoisotopic (exact) mass is 329 g/mol. The topological polar surface area (TPSA) is 21.3 Å². The second-order valence-electron chi connectivity index (χ2n) is 4.28. The molecule has 1 N–H and O–H groups in total. The third-order valence-electron chi connectivity index (χ3n) is 2.84. The van der Waals surface area contributed by atoms with Gasteiger partial charge in [-0.3, -0.25) is 0 Å². The summed E-state index contributed by atoms with van der Waals surface area (Å²) in [6.45, 7) is 1.21. The van der Waals surface area contributed by atoms with Crippen molar-refractivity contribution in [3.8, 4) is 5.75 Å². The van der Waals surface area contributed by atoms with Gasteiger partial charge in [0.1, 0.15) is 12.4 Å². The van der Waals surface area contributed by atoms with Gasteiger partial charge in [0.2, 0.25) is 0 Å². The summed E-state index contributed by atoms with van der Waals surface area (Å²) in [5.41, 5.74) is 2.29. The van der Waals surface area contributed by atoms with E-state index >= 15 is 0 Å². The number of halogens is 3. The predicted molar refractivity (Wildman–Crippen MR) is 85.0 cm³/mol. The molecule has 0 aliphatic carbocycles. The molecule has 0 bridgehead atoms. The van der Waals surface area contributed by atoms with Gasteiger partial charge in [-0.1, -0.05) is 59.1 Å². The molecule has 0 saturated heterocycles. The number of ether oxygens (including phenoxy) is 1. The maximum Gasteiger partial charge on any atom is 0.139 e. The van der Waals surface area contributed by atoms with E-state index in [0.29, 0.717) is 27.4 Å². The molecule has 106 valence electrons. The summed E-state index contributed by atoms with van der Waals surface area (Å²) < 4.78 is 5.74. The second kappa shape index (κ2) is 7.19. The Bertz CT molecular complexity index is 602. The molecule has 2 rings (SSSR count). The highest BCUT2D eigenvalue weighted by Crippen LogP contribution is 2.34. The minimum Gasteiger partial charge on any atom is -0.487 e. The van der Waals surface area contributed by atoms with E-state index in [2.05, 4.69) is 11.4 Å². The van der Waals surface area contributed by atoms with Crippen LogP contribution >= 0.6 is 34.8 Å². The molecule has 2 aromatic carbocycles. The Morgan fingerprint density at radius 3 is 2.30 bits per heavy atom. The molecular formula is C15H14Cl3NO. The largest absolute Gasteiger partial charge is 0.487 e. The zero-order valence-electron chi connectivity index (χ0n) is 10.9. The van der Waals surface area contributed by atoms with Crippen LogP contribution in [0.1, 0.15) is 11.1 Å². The van der Waals surface area contributed by atoms with Crippen LogP contribution in [0.25, 0.3) is 0 Å². The van der Waals surface area contributed by atoms with E-state index in [0.717, 1.165) is 12.1 Å². The van der Waals surface area contributed by atoms with Gasteiger partial charge in [-0.2, -0.15) is 0 Å². The summed E-state index contributed by atoms with van der Waals surface area (Å²) >= 11 is 17.9. The second-order valence-corrected chi connectivity index (χ2v) is 5.51. The fourth-order valence-corrected chi connectivity index (χ4v) is 2.42. The van der Waals surface area contributed by atoms with Crippen molar-refractivity contribution >= 4 is 34.8 Å². The number of benzene rings is 2. The van der Waals surface area contributed by atoms with Crippen molar-refractivity contribution in [2.75, 3.05) is 7.05 Å². The van der Waals surface area contributed by atoms with Crippen LogP contribution in [0.3, 0.4) is 0 Å². The van der Waals surface area contributed by atoms with Crippen LogP contribution in [0.15, 0.2) is 36.4 Å². The molecule has 5 heteroatoms. The minimum atomic E-state index is 0.416. The summed E-state index contributed by atoms with van der Waals surface area (Å²) in [5, 5.41) is 4.42. The Morgan fingerprint density at radius 2 is 1.60 bits per heavy atom. The van der Waals surface area contributed by atoms with Crippen molar-refractivity contribution in [2.45, 2.75) is 13.2 Å². The highest BCUT2D eigenvalue weighted by Gasteiger charge is 2.08. The van der Waals surface area contributed by atoms with Crippen molar-refractivity contribution in [3.63, 3.8) is 0 Å². The summed E-state index contributed by atoms with van der Waals surface area (Å²) in [6, 6.07) is 11.3. The van der Waals surface area contributed by atoms with Gasteiger partial charge >= 0.3 is 0 Å². The standard InChI is InChI=1S/C15H14Cl3NO/c1-19-8-10-4-2-3-5-11(10)9-20-15-7-13(17)12(16)6-14(15)18/h2-7,19H,8-9H2,1H3. The normalized spacial score (nSPS) is 10.6. The van der Waals surface area contributed by atoms with E-state index in [1.165, 1.54) is 5.56 Å². The average molecular weight is 331 g/mol. The van der Waals surface area contributed by atoms with Gasteiger partial charge in [0.05, 0.1) is 15.1 Å². The lowest BCUT2D eigenvalue weighted by molar-refractivity contribution is 0.305. The van der Waals surface area contributed by atoms with Gasteiger partial charge in [0.25, 0.3) is 0 Å². The van der Waals surface area contributed by atoms with Gasteiger partial charge in [-0.25, -0.2) is 0 Å². The van der Waals surface area contributed by atoms with Gasteiger partial charge < -0.3 is 10.1 Å². The number of hydrogen-bond donors (Lipinski definition) is 1. The molecule has 0 amide bonds. The van der Waals surface area contributed by atoms with Crippen LogP contribution in [0, 0.1) is 0 Å². The van der Waals surface area contributed by atoms with Gasteiger partial charge in [0, 0.05) is 12.6 Å². The molecule has 0 atom stereocenters. The highest BCUT2D eigenvalue weighted by atomic mass is 35.5. The molecule has 2 aromatic rings. The average Bonchev–Trinajstić information content (AvgIpc) is 2.43. The van der Waals surface area contributed by atoms with E-state index in [1.54, 1.807) is 12.1 Å². The third kappa shape index (κ3) is 3.80. The lowest BCUT2D eigenvalue weighted by atomic mass is 10.1. The summed E-state index contributed by atoms with van der Waals surface area (Å²) in [4.78, 5) is 0. The molecule has 20 heavy (non-hydrogen) atoms. The lowest BCUT2D eigenvalue weighted by Crippen LogP contribution is -2.09. The quantitative estimate of drug-likeness (QED) is 0.784. The molecular weight excluding hydrogens is 317 g/mol. The number of rotatable bonds is 5. The zero-order valence-corrected chi connectivity index (χ0v) is 13.2. The smallest absolute Gasteiger partial charge is 0.139 e. The third-order valence-corrected chi connectivity index (χ3v) is 3.86. The van der Waals surface area contributed by atoms with E-state index in [1.807, 2.05) is 25.2 Å². The van der Waals surface area contributed by atoms with Crippen LogP contribution in [0.5, 0.6) is 5.75 Å². The maximum absolute atomic E-state index is 6.09. The fourth-order valence-electron chi connectivity index (χ4n) is 1.83. The summed E-state index contributed by atoms with van der Waals surface area (Å²) in [5.74, 6) is 0.528. The first-order valence-corrected chi connectivity index (χ1v) is 7.24. The Labute approximate surface area is 133 Å². The van der Waals surface area contributed by atoms with E-state index in [4.69, 9.17) is 39.5 Å². The zero-order chi connectivity index (χ0) is 14.5. The van der Waals surface area contributed by atoms with Crippen molar-refractivity contribution in [2.24, 2.45) is 0 Å². The Kier molecular flexibility index (Phi) is 5.55. The Morgan fingerprint density at radius 1 is 0.950 bits per heavy atom. The van der Waals surface area contributed by atoms with Crippen LogP contribution in [0.4, 0.5) is 0 Å². The molecule has 0 aliphatic rings. The molecule has 2 nitrogen and oxygen atoms in total. The fraction of sp³-hybridized carbons (Fsp3) is 0.200. The Balaban J connectivity index is 2.15. The first-order valence-electron chi connectivity index (χ1n) is 6.10. The molecule has 0 aromatic heterocycles. The van der Waals surface area contributed by atoms with Crippen molar-refractivity contribution < 1.29 is 4.74 Å². The van der Waals surface area contributed by atoms with Crippen LogP contribution in [0.2, 0.25) is 15.1 Å². The van der Waals surface area contributed by atoms with Crippen molar-refractivity contribution in [3.05, 3.63) is 62.6 Å². The highest BCUT2D eigenvalue weighted by molar-refractivity contribution is 6.43. The summed E-state index contributed by atoms with van der Waals surface area (Å²) in [7, 11) is 1.91. The molecule has 0 radical (unpaired) electrons. The van der Waals surface area contributed by atoms with Crippen LogP contribution < -0.4 is 10.1 Å². The number of hydrogen-bond acceptors (Lipinski definition) is 2. The molecule has 0 unspecified atom stereocenters. The van der Waals surface area contributed by atoms with Crippen molar-refractivity contribution in [1.29, 1.82) is 0 Å². The molecule has 0 spiro atoms. The summed E-state index contributed by atoms with van der Waals surface area (Å²) in [6.07, 6.45) is 0. The number of nitrogens with one attached hydrogen (secondary N) is 1. The van der Waals surface area contributed by atoms with E-state index in [9.17, 15) is 0 Å². The maximum atomic E-state index is 6.09.